The van der Waals surface area contributed by atoms with Gasteiger partial charge >= 0.3 is 0 Å². The number of rotatable bonds is 1. The largest absolute Gasteiger partial charge is 0.393 e. The Morgan fingerprint density at radius 1 is 0.727 bits per heavy atom. The molecule has 9 atom stereocenters. The molecule has 0 spiro atoms. The molecule has 0 aromatic heterocycles. The fraction of sp³-hybridized carbons (Fsp3) is 0.967. The van der Waals surface area contributed by atoms with Crippen molar-refractivity contribution in [3.05, 3.63) is 0 Å². The van der Waals surface area contributed by atoms with Crippen molar-refractivity contribution >= 4 is 5.91 Å². The third-order valence-corrected chi connectivity index (χ3v) is 13.7. The molecule has 0 aromatic carbocycles. The fourth-order valence-electron chi connectivity index (χ4n) is 11.5. The van der Waals surface area contributed by atoms with Crippen molar-refractivity contribution in [2.75, 3.05) is 0 Å². The van der Waals surface area contributed by atoms with Gasteiger partial charge in [0.1, 0.15) is 0 Å². The number of aliphatic hydroxyl groups is 1. The Labute approximate surface area is 203 Å². The van der Waals surface area contributed by atoms with E-state index in [9.17, 15) is 9.90 Å². The van der Waals surface area contributed by atoms with Crippen LogP contribution >= 0.6 is 0 Å². The van der Waals surface area contributed by atoms with E-state index in [4.69, 9.17) is 5.73 Å². The second-order valence-corrected chi connectivity index (χ2v) is 15.5. The molecule has 5 aliphatic rings. The molecule has 0 radical (unpaired) electrons. The zero-order valence-electron chi connectivity index (χ0n) is 22.6. The van der Waals surface area contributed by atoms with Crippen LogP contribution in [0.15, 0.2) is 0 Å². The van der Waals surface area contributed by atoms with E-state index in [1.54, 1.807) is 0 Å². The summed E-state index contributed by atoms with van der Waals surface area (Å²) < 4.78 is 0. The fourth-order valence-corrected chi connectivity index (χ4v) is 11.5. The summed E-state index contributed by atoms with van der Waals surface area (Å²) in [6, 6.07) is 0. The maximum absolute atomic E-state index is 13.0. The van der Waals surface area contributed by atoms with Crippen molar-refractivity contribution < 1.29 is 9.90 Å². The smallest absolute Gasteiger partial charge is 0.223 e. The number of carbonyl (C=O) groups is 1. The Balaban J connectivity index is 1.54. The number of primary amides is 1. The number of hydrogen-bond acceptors (Lipinski definition) is 2. The van der Waals surface area contributed by atoms with Gasteiger partial charge in [0.15, 0.2) is 0 Å². The molecule has 0 aliphatic heterocycles. The van der Waals surface area contributed by atoms with Gasteiger partial charge in [-0.05, 0) is 121 Å². The first kappa shape index (κ1) is 24.1. The topological polar surface area (TPSA) is 63.3 Å². The SMILES string of the molecule is CC1(C)CCC2(C(N)=O)CCC3(C)C(CCC4C5(C)CCC(O)C(C)(C)C5CCC43C)C2C1. The second-order valence-electron chi connectivity index (χ2n) is 15.5. The molecule has 3 heteroatoms. The van der Waals surface area contributed by atoms with Crippen molar-refractivity contribution in [2.24, 2.45) is 61.9 Å². The van der Waals surface area contributed by atoms with E-state index in [2.05, 4.69) is 48.5 Å². The summed E-state index contributed by atoms with van der Waals surface area (Å²) in [4.78, 5) is 13.0. The van der Waals surface area contributed by atoms with Gasteiger partial charge in [0, 0.05) is 0 Å². The minimum Gasteiger partial charge on any atom is -0.393 e. The van der Waals surface area contributed by atoms with Gasteiger partial charge in [-0.2, -0.15) is 0 Å². The molecule has 0 bridgehead atoms. The highest BCUT2D eigenvalue weighted by Crippen LogP contribution is 2.76. The maximum Gasteiger partial charge on any atom is 0.223 e. The van der Waals surface area contributed by atoms with Crippen LogP contribution < -0.4 is 5.73 Å². The first-order valence-electron chi connectivity index (χ1n) is 14.1. The van der Waals surface area contributed by atoms with E-state index in [0.29, 0.717) is 34.0 Å². The number of nitrogens with two attached hydrogens (primary N) is 1. The summed E-state index contributed by atoms with van der Waals surface area (Å²) in [5, 5.41) is 10.9. The third kappa shape index (κ3) is 2.93. The lowest BCUT2D eigenvalue weighted by molar-refractivity contribution is -0.252. The van der Waals surface area contributed by atoms with Crippen LogP contribution in [0.2, 0.25) is 0 Å². The van der Waals surface area contributed by atoms with Crippen LogP contribution in [0.4, 0.5) is 0 Å². The van der Waals surface area contributed by atoms with Crippen molar-refractivity contribution in [3.8, 4) is 0 Å². The molecule has 5 fully saturated rings. The van der Waals surface area contributed by atoms with E-state index in [1.807, 2.05) is 0 Å². The summed E-state index contributed by atoms with van der Waals surface area (Å²) in [5.74, 6) is 2.38. The Kier molecular flexibility index (Phi) is 5.13. The summed E-state index contributed by atoms with van der Waals surface area (Å²) in [7, 11) is 0. The molecule has 1 amide bonds. The quantitative estimate of drug-likeness (QED) is 0.459. The number of fused-ring (bicyclic) bond motifs is 7. The van der Waals surface area contributed by atoms with Crippen LogP contribution in [0.1, 0.15) is 119 Å². The van der Waals surface area contributed by atoms with Crippen molar-refractivity contribution in [1.29, 1.82) is 0 Å². The summed E-state index contributed by atoms with van der Waals surface area (Å²) in [6.07, 6.45) is 12.5. The van der Waals surface area contributed by atoms with Gasteiger partial charge < -0.3 is 10.8 Å². The van der Waals surface area contributed by atoms with Gasteiger partial charge in [-0.3, -0.25) is 4.79 Å². The van der Waals surface area contributed by atoms with Crippen LogP contribution in [-0.4, -0.2) is 17.1 Å². The summed E-state index contributed by atoms with van der Waals surface area (Å²) in [6.45, 7) is 17.4. The predicted octanol–water partition coefficient (Wildman–Crippen LogP) is 6.71. The normalized spacial score (nSPS) is 54.8. The molecule has 5 saturated carbocycles. The van der Waals surface area contributed by atoms with Gasteiger partial charge in [0.25, 0.3) is 0 Å². The number of carbonyl (C=O) groups excluding carboxylic acids is 1. The highest BCUT2D eigenvalue weighted by Gasteiger charge is 2.70. The van der Waals surface area contributed by atoms with Crippen molar-refractivity contribution in [1.82, 2.24) is 0 Å². The molecule has 188 valence electrons. The van der Waals surface area contributed by atoms with Crippen LogP contribution in [0.5, 0.6) is 0 Å². The average molecular weight is 458 g/mol. The molecule has 33 heavy (non-hydrogen) atoms. The van der Waals surface area contributed by atoms with E-state index in [1.165, 1.54) is 32.1 Å². The highest BCUT2D eigenvalue weighted by molar-refractivity contribution is 5.81. The van der Waals surface area contributed by atoms with E-state index in [0.717, 1.165) is 44.4 Å². The second kappa shape index (κ2) is 7.01. The van der Waals surface area contributed by atoms with Crippen LogP contribution in [-0.2, 0) is 4.79 Å². The molecule has 5 rings (SSSR count). The lowest BCUT2D eigenvalue weighted by Crippen LogP contribution is -2.68. The third-order valence-electron chi connectivity index (χ3n) is 13.7. The number of aliphatic hydroxyl groups excluding tert-OH is 1. The van der Waals surface area contributed by atoms with Gasteiger partial charge in [0.2, 0.25) is 5.91 Å². The van der Waals surface area contributed by atoms with Crippen molar-refractivity contribution in [3.63, 3.8) is 0 Å². The van der Waals surface area contributed by atoms with Gasteiger partial charge in [-0.15, -0.1) is 0 Å². The molecule has 0 saturated heterocycles. The van der Waals surface area contributed by atoms with Gasteiger partial charge in [0.05, 0.1) is 11.5 Å². The molecule has 3 nitrogen and oxygen atoms in total. The maximum atomic E-state index is 13.0. The molecule has 5 aliphatic carbocycles. The van der Waals surface area contributed by atoms with Crippen molar-refractivity contribution in [2.45, 2.75) is 125 Å². The first-order chi connectivity index (χ1) is 15.1. The summed E-state index contributed by atoms with van der Waals surface area (Å²) >= 11 is 0. The standard InChI is InChI=1S/C30H51NO2/c1-25(2)14-16-30(24(31)33)17-15-28(6)19(20(30)18-25)8-9-22-27(5)12-11-23(32)26(3,4)21(27)10-13-29(22,28)7/h19-23,32H,8-18H2,1-7H3,(H2,31,33). The average Bonchev–Trinajstić information content (AvgIpc) is 2.71. The lowest BCUT2D eigenvalue weighted by Gasteiger charge is -2.73. The minimum atomic E-state index is -0.263. The Hall–Kier alpha value is -0.570. The molecule has 0 aromatic rings. The van der Waals surface area contributed by atoms with E-state index in [-0.39, 0.29) is 28.3 Å². The van der Waals surface area contributed by atoms with Crippen LogP contribution in [0.25, 0.3) is 0 Å². The Bertz CT molecular complexity index is 833. The highest BCUT2D eigenvalue weighted by atomic mass is 16.3. The minimum absolute atomic E-state index is 0.00369. The van der Waals surface area contributed by atoms with Crippen LogP contribution in [0, 0.1) is 56.2 Å². The molecule has 0 heterocycles. The first-order valence-corrected chi connectivity index (χ1v) is 14.1. The van der Waals surface area contributed by atoms with Gasteiger partial charge in [-0.25, -0.2) is 0 Å². The number of amides is 1. The zero-order valence-corrected chi connectivity index (χ0v) is 22.6. The predicted molar refractivity (Wildman–Crippen MR) is 134 cm³/mol. The molecular weight excluding hydrogens is 406 g/mol. The van der Waals surface area contributed by atoms with E-state index < -0.39 is 0 Å². The zero-order chi connectivity index (χ0) is 24.2. The molecule has 9 unspecified atom stereocenters. The van der Waals surface area contributed by atoms with E-state index >= 15 is 0 Å². The molecule has 3 N–H and O–H groups in total. The number of hydrogen-bond donors (Lipinski definition) is 2. The van der Waals surface area contributed by atoms with Gasteiger partial charge in [-0.1, -0.05) is 48.5 Å². The van der Waals surface area contributed by atoms with Crippen LogP contribution in [0.3, 0.4) is 0 Å². The monoisotopic (exact) mass is 457 g/mol. The lowest BCUT2D eigenvalue weighted by atomic mass is 9.31. The Morgan fingerprint density at radius 2 is 1.39 bits per heavy atom. The summed E-state index contributed by atoms with van der Waals surface area (Å²) in [5.41, 5.74) is 7.18. The molecular formula is C30H51NO2. The Morgan fingerprint density at radius 3 is 2.06 bits per heavy atom.